The molecule has 0 spiro atoms. The van der Waals surface area contributed by atoms with Gasteiger partial charge in [0.1, 0.15) is 5.75 Å². The highest BCUT2D eigenvalue weighted by Crippen LogP contribution is 2.40. The molecule has 4 aromatic rings. The van der Waals surface area contributed by atoms with E-state index in [9.17, 15) is 31.1 Å². The lowest BCUT2D eigenvalue weighted by molar-refractivity contribution is -0.143. The van der Waals surface area contributed by atoms with Crippen molar-refractivity contribution in [3.8, 4) is 22.6 Å². The highest BCUT2D eigenvalue weighted by atomic mass is 19.4. The summed E-state index contributed by atoms with van der Waals surface area (Å²) in [7, 11) is 1.56. The van der Waals surface area contributed by atoms with Gasteiger partial charge in [0.05, 0.1) is 37.2 Å². The summed E-state index contributed by atoms with van der Waals surface area (Å²) in [5, 5.41) is 8.89. The topological polar surface area (TPSA) is 88.0 Å². The molecule has 1 aromatic heterocycles. The van der Waals surface area contributed by atoms with Crippen molar-refractivity contribution in [2.24, 2.45) is 0 Å². The molecule has 0 radical (unpaired) electrons. The van der Waals surface area contributed by atoms with Crippen LogP contribution in [-0.4, -0.2) is 47.8 Å². The average molecular weight is 731 g/mol. The molecule has 2 heterocycles. The molecule has 0 amide bonds. The Morgan fingerprint density at radius 1 is 0.885 bits per heavy atom. The molecule has 1 fully saturated rings. The number of carboxylic acids is 1. The van der Waals surface area contributed by atoms with Gasteiger partial charge in [0.2, 0.25) is 5.95 Å². The average Bonchev–Trinajstić information content (AvgIpc) is 3.64. The third kappa shape index (κ3) is 9.65. The molecule has 1 aliphatic rings. The van der Waals surface area contributed by atoms with Gasteiger partial charge in [-0.25, -0.2) is 9.97 Å². The van der Waals surface area contributed by atoms with Crippen molar-refractivity contribution in [3.05, 3.63) is 94.8 Å². The summed E-state index contributed by atoms with van der Waals surface area (Å²) in [4.78, 5) is 23.4. The van der Waals surface area contributed by atoms with E-state index in [4.69, 9.17) is 14.6 Å². The number of ether oxygens (including phenoxy) is 2. The van der Waals surface area contributed by atoms with E-state index in [-0.39, 0.29) is 55.2 Å². The number of benzene rings is 3. The first-order chi connectivity index (χ1) is 24.6. The minimum absolute atomic E-state index is 0.00247. The maximum Gasteiger partial charge on any atom is 0.416 e. The van der Waals surface area contributed by atoms with Crippen LogP contribution in [0, 0.1) is 0 Å². The highest BCUT2D eigenvalue weighted by Gasteiger charge is 2.37. The molecule has 1 saturated heterocycles. The second-order valence-electron chi connectivity index (χ2n) is 13.0. The Balaban J connectivity index is 1.62. The van der Waals surface area contributed by atoms with Crippen LogP contribution < -0.4 is 19.3 Å². The Labute approximate surface area is 298 Å². The molecule has 1 aliphatic heterocycles. The predicted molar refractivity (Wildman–Crippen MR) is 185 cm³/mol. The molecule has 0 saturated carbocycles. The van der Waals surface area contributed by atoms with E-state index in [1.165, 1.54) is 17.3 Å². The molecule has 5 rings (SSSR count). The third-order valence-corrected chi connectivity index (χ3v) is 8.82. The summed E-state index contributed by atoms with van der Waals surface area (Å²) in [5.41, 5.74) is 1.17. The van der Waals surface area contributed by atoms with Gasteiger partial charge in [-0.2, -0.15) is 26.3 Å². The van der Waals surface area contributed by atoms with Crippen LogP contribution in [0.25, 0.3) is 11.1 Å². The summed E-state index contributed by atoms with van der Waals surface area (Å²) in [6.07, 6.45) is -5.21. The minimum atomic E-state index is -5.02. The number of aromatic nitrogens is 2. The number of carbonyl (C=O) groups is 1. The fraction of sp³-hybridized carbons (Fsp3) is 0.395. The molecule has 1 N–H and O–H groups in total. The first-order valence-corrected chi connectivity index (χ1v) is 16.9. The fourth-order valence-electron chi connectivity index (χ4n) is 6.14. The number of anilines is 2. The quantitative estimate of drug-likeness (QED) is 0.102. The number of aliphatic carboxylic acids is 1. The van der Waals surface area contributed by atoms with Crippen molar-refractivity contribution >= 4 is 17.6 Å². The van der Waals surface area contributed by atoms with Crippen LogP contribution in [0.2, 0.25) is 0 Å². The molecule has 0 bridgehead atoms. The second kappa shape index (κ2) is 16.1. The highest BCUT2D eigenvalue weighted by molar-refractivity contribution is 5.77. The van der Waals surface area contributed by atoms with E-state index in [1.807, 2.05) is 36.4 Å². The van der Waals surface area contributed by atoms with Gasteiger partial charge in [-0.1, -0.05) is 26.0 Å². The van der Waals surface area contributed by atoms with Crippen LogP contribution >= 0.6 is 0 Å². The Morgan fingerprint density at radius 3 is 2.12 bits per heavy atom. The van der Waals surface area contributed by atoms with Crippen molar-refractivity contribution in [2.75, 3.05) is 36.6 Å². The van der Waals surface area contributed by atoms with Crippen molar-refractivity contribution in [1.29, 1.82) is 0 Å². The van der Waals surface area contributed by atoms with Crippen LogP contribution in [0.4, 0.5) is 38.0 Å². The summed E-state index contributed by atoms with van der Waals surface area (Å²) in [6, 6.07) is 13.3. The normalized spacial score (nSPS) is 13.5. The zero-order chi connectivity index (χ0) is 37.6. The van der Waals surface area contributed by atoms with Gasteiger partial charge in [0.15, 0.2) is 5.75 Å². The summed E-state index contributed by atoms with van der Waals surface area (Å²) in [6.45, 7) is 5.49. The van der Waals surface area contributed by atoms with Crippen molar-refractivity contribution < 1.29 is 45.7 Å². The number of hydrogen-bond acceptors (Lipinski definition) is 7. The lowest BCUT2D eigenvalue weighted by atomic mass is 9.93. The van der Waals surface area contributed by atoms with Crippen LogP contribution in [0.3, 0.4) is 0 Å². The van der Waals surface area contributed by atoms with Crippen molar-refractivity contribution in [1.82, 2.24) is 9.97 Å². The first-order valence-electron chi connectivity index (χ1n) is 16.9. The zero-order valence-electron chi connectivity index (χ0n) is 29.0. The Morgan fingerprint density at radius 2 is 1.54 bits per heavy atom. The number of hydrogen-bond donors (Lipinski definition) is 1. The molecule has 3 aromatic carbocycles. The van der Waals surface area contributed by atoms with E-state index >= 15 is 0 Å². The van der Waals surface area contributed by atoms with E-state index in [2.05, 4.69) is 28.7 Å². The number of methoxy groups -OCH3 is 1. The molecule has 8 nitrogen and oxygen atoms in total. The maximum absolute atomic E-state index is 13.9. The van der Waals surface area contributed by atoms with Gasteiger partial charge in [0, 0.05) is 43.9 Å². The SMILES string of the molecule is COc1ccc(C(C)C)cc1-c1ccc(N2CCCC2)cc1CN(Cc1cc(C(F)(F)F)cc(C(F)(F)F)c1)c1ncc(OCCCC(=O)O)cn1. The molecule has 0 unspecified atom stereocenters. The standard InChI is InChI=1S/C38H40F6N4O4/c1-24(2)26-8-11-34(51-3)33(18-26)32-10-9-30(47-12-4-5-13-47)17-27(32)23-48(36-45-20-31(21-46-36)52-14-6-7-35(49)50)22-25-15-28(37(39,40)41)19-29(16-25)38(42,43)44/h8-11,15-21,24H,4-7,12-14,22-23H2,1-3H3,(H,49,50). The van der Waals surface area contributed by atoms with E-state index in [1.54, 1.807) is 7.11 Å². The minimum Gasteiger partial charge on any atom is -0.496 e. The molecule has 278 valence electrons. The summed E-state index contributed by atoms with van der Waals surface area (Å²) >= 11 is 0. The lowest BCUT2D eigenvalue weighted by Gasteiger charge is -2.27. The van der Waals surface area contributed by atoms with Crippen molar-refractivity contribution in [2.45, 2.75) is 70.9 Å². The van der Waals surface area contributed by atoms with Gasteiger partial charge in [0.25, 0.3) is 0 Å². The number of nitrogens with zero attached hydrogens (tertiary/aromatic N) is 4. The number of halogens is 6. The second-order valence-corrected chi connectivity index (χ2v) is 13.0. The van der Waals surface area contributed by atoms with Gasteiger partial charge < -0.3 is 24.4 Å². The van der Waals surface area contributed by atoms with Crippen LogP contribution in [0.15, 0.2) is 67.0 Å². The van der Waals surface area contributed by atoms with Gasteiger partial charge in [-0.15, -0.1) is 0 Å². The molecule has 0 atom stereocenters. The van der Waals surface area contributed by atoms with E-state index in [0.717, 1.165) is 53.9 Å². The van der Waals surface area contributed by atoms with E-state index < -0.39 is 36.0 Å². The third-order valence-electron chi connectivity index (χ3n) is 8.82. The van der Waals surface area contributed by atoms with E-state index in [0.29, 0.717) is 17.9 Å². The Kier molecular flexibility index (Phi) is 11.9. The number of carboxylic acid groups (broad SMARTS) is 1. The number of rotatable bonds is 14. The Bertz CT molecular complexity index is 1810. The van der Waals surface area contributed by atoms with Crippen LogP contribution in [0.1, 0.15) is 73.3 Å². The molecular weight excluding hydrogens is 690 g/mol. The fourth-order valence-corrected chi connectivity index (χ4v) is 6.14. The van der Waals surface area contributed by atoms with Crippen molar-refractivity contribution in [3.63, 3.8) is 0 Å². The van der Waals surface area contributed by atoms with Crippen LogP contribution in [0.5, 0.6) is 11.5 Å². The Hall–Kier alpha value is -5.01. The molecular formula is C38H40F6N4O4. The summed E-state index contributed by atoms with van der Waals surface area (Å²) in [5.74, 6) is 0.0644. The first kappa shape index (κ1) is 38.2. The van der Waals surface area contributed by atoms with Crippen LogP contribution in [-0.2, 0) is 30.2 Å². The molecule has 52 heavy (non-hydrogen) atoms. The number of alkyl halides is 6. The zero-order valence-corrected chi connectivity index (χ0v) is 29.0. The van der Waals surface area contributed by atoms with Gasteiger partial charge in [-0.05, 0) is 89.9 Å². The molecule has 0 aliphatic carbocycles. The largest absolute Gasteiger partial charge is 0.496 e. The van der Waals surface area contributed by atoms with Gasteiger partial charge >= 0.3 is 18.3 Å². The lowest BCUT2D eigenvalue weighted by Crippen LogP contribution is -2.26. The monoisotopic (exact) mass is 730 g/mol. The summed E-state index contributed by atoms with van der Waals surface area (Å²) < 4.78 is 94.6. The predicted octanol–water partition coefficient (Wildman–Crippen LogP) is 9.36. The maximum atomic E-state index is 13.9. The molecule has 14 heteroatoms. The van der Waals surface area contributed by atoms with Gasteiger partial charge in [-0.3, -0.25) is 4.79 Å². The smallest absolute Gasteiger partial charge is 0.416 e.